The molecule has 0 aromatic carbocycles. The van der Waals surface area contributed by atoms with Crippen LogP contribution in [0.5, 0.6) is 0 Å². The Balaban J connectivity index is 2.29. The summed E-state index contributed by atoms with van der Waals surface area (Å²) < 4.78 is 0. The van der Waals surface area contributed by atoms with Crippen molar-refractivity contribution < 1.29 is 9.90 Å². The summed E-state index contributed by atoms with van der Waals surface area (Å²) in [6.45, 7) is 3.84. The molecule has 0 aromatic heterocycles. The van der Waals surface area contributed by atoms with Gasteiger partial charge in [0, 0.05) is 5.41 Å². The van der Waals surface area contributed by atoms with Gasteiger partial charge in [0.1, 0.15) is 6.29 Å². The molecule has 0 spiro atoms. The van der Waals surface area contributed by atoms with Crippen molar-refractivity contribution >= 4 is 6.29 Å². The van der Waals surface area contributed by atoms with Crippen molar-refractivity contribution in [3.63, 3.8) is 0 Å². The van der Waals surface area contributed by atoms with E-state index in [0.29, 0.717) is 0 Å². The number of aldehydes is 1. The maximum atomic E-state index is 10.6. The summed E-state index contributed by atoms with van der Waals surface area (Å²) in [6, 6.07) is 0. The summed E-state index contributed by atoms with van der Waals surface area (Å²) in [7, 11) is 0. The molecule has 0 saturated heterocycles. The maximum Gasteiger partial charge on any atom is 0.125 e. The molecule has 1 rings (SSSR count). The second kappa shape index (κ2) is 3.17. The fraction of sp³-hybridized carbons (Fsp3) is 0.900. The van der Waals surface area contributed by atoms with Crippen molar-refractivity contribution in [2.24, 2.45) is 5.41 Å². The molecule has 0 unspecified atom stereocenters. The molecular weight excluding hydrogens is 152 g/mol. The Morgan fingerprint density at radius 2 is 2.08 bits per heavy atom. The monoisotopic (exact) mass is 170 g/mol. The van der Waals surface area contributed by atoms with Crippen LogP contribution in [0.1, 0.15) is 46.0 Å². The van der Waals surface area contributed by atoms with E-state index in [0.717, 1.165) is 38.4 Å². The van der Waals surface area contributed by atoms with Crippen LogP contribution in [0.15, 0.2) is 0 Å². The molecule has 2 nitrogen and oxygen atoms in total. The molecule has 70 valence electrons. The second-order valence-electron chi connectivity index (χ2n) is 4.68. The van der Waals surface area contributed by atoms with Gasteiger partial charge < -0.3 is 9.90 Å². The third kappa shape index (κ3) is 2.31. The van der Waals surface area contributed by atoms with Crippen LogP contribution in [0, 0.1) is 5.41 Å². The lowest BCUT2D eigenvalue weighted by atomic mass is 9.74. The summed E-state index contributed by atoms with van der Waals surface area (Å²) >= 11 is 0. The molecule has 1 N–H and O–H groups in total. The Bertz CT molecular complexity index is 169. The number of aliphatic hydroxyl groups is 1. The first-order valence-electron chi connectivity index (χ1n) is 4.66. The SMILES string of the molecule is CC(C)(C=O)CCC1(O)CCC1. The van der Waals surface area contributed by atoms with E-state index in [1.165, 1.54) is 0 Å². The molecular formula is C10H18O2. The predicted molar refractivity (Wildman–Crippen MR) is 47.9 cm³/mol. The van der Waals surface area contributed by atoms with Gasteiger partial charge in [-0.3, -0.25) is 0 Å². The standard InChI is InChI=1S/C10H18O2/c1-9(2,8-11)6-7-10(12)4-3-5-10/h8,12H,3-7H2,1-2H3. The maximum absolute atomic E-state index is 10.6. The number of hydrogen-bond acceptors (Lipinski definition) is 2. The van der Waals surface area contributed by atoms with Gasteiger partial charge in [-0.25, -0.2) is 0 Å². The highest BCUT2D eigenvalue weighted by Crippen LogP contribution is 2.38. The molecule has 0 bridgehead atoms. The van der Waals surface area contributed by atoms with Gasteiger partial charge in [-0.2, -0.15) is 0 Å². The first kappa shape index (κ1) is 9.72. The Labute approximate surface area is 74.0 Å². The number of hydrogen-bond donors (Lipinski definition) is 1. The van der Waals surface area contributed by atoms with Gasteiger partial charge in [0.2, 0.25) is 0 Å². The van der Waals surface area contributed by atoms with Crippen LogP contribution < -0.4 is 0 Å². The van der Waals surface area contributed by atoms with Gasteiger partial charge >= 0.3 is 0 Å². The topological polar surface area (TPSA) is 37.3 Å². The fourth-order valence-corrected chi connectivity index (χ4v) is 1.45. The molecule has 0 amide bonds. The minimum Gasteiger partial charge on any atom is -0.390 e. The molecule has 1 aliphatic carbocycles. The molecule has 1 fully saturated rings. The van der Waals surface area contributed by atoms with Gasteiger partial charge in [0.15, 0.2) is 0 Å². The fourth-order valence-electron chi connectivity index (χ4n) is 1.45. The lowest BCUT2D eigenvalue weighted by molar-refractivity contribution is -0.116. The van der Waals surface area contributed by atoms with Crippen molar-refractivity contribution in [1.29, 1.82) is 0 Å². The summed E-state index contributed by atoms with van der Waals surface area (Å²) in [6.07, 6.45) is 5.53. The summed E-state index contributed by atoms with van der Waals surface area (Å²) in [4.78, 5) is 10.6. The van der Waals surface area contributed by atoms with Gasteiger partial charge in [-0.1, -0.05) is 13.8 Å². The quantitative estimate of drug-likeness (QED) is 0.654. The zero-order valence-electron chi connectivity index (χ0n) is 7.97. The molecule has 12 heavy (non-hydrogen) atoms. The number of rotatable bonds is 4. The first-order chi connectivity index (χ1) is 5.47. The number of carbonyl (C=O) groups is 1. The van der Waals surface area contributed by atoms with Crippen LogP contribution in [0.3, 0.4) is 0 Å². The smallest absolute Gasteiger partial charge is 0.125 e. The minimum atomic E-state index is -0.430. The molecule has 1 aliphatic rings. The minimum absolute atomic E-state index is 0.259. The van der Waals surface area contributed by atoms with Crippen LogP contribution in [0.4, 0.5) is 0 Å². The van der Waals surface area contributed by atoms with E-state index >= 15 is 0 Å². The van der Waals surface area contributed by atoms with Crippen molar-refractivity contribution in [3.05, 3.63) is 0 Å². The Hall–Kier alpha value is -0.370. The summed E-state index contributed by atoms with van der Waals surface area (Å²) in [5, 5.41) is 9.75. The van der Waals surface area contributed by atoms with Crippen molar-refractivity contribution in [2.45, 2.75) is 51.6 Å². The van der Waals surface area contributed by atoms with Crippen molar-refractivity contribution in [1.82, 2.24) is 0 Å². The average Bonchev–Trinajstić information content (AvgIpc) is 1.98. The average molecular weight is 170 g/mol. The lowest BCUT2D eigenvalue weighted by Crippen LogP contribution is -2.37. The third-order valence-electron chi connectivity index (χ3n) is 2.84. The van der Waals surface area contributed by atoms with Gasteiger partial charge in [-0.05, 0) is 32.1 Å². The van der Waals surface area contributed by atoms with Gasteiger partial charge in [0.05, 0.1) is 5.60 Å². The summed E-state index contributed by atoms with van der Waals surface area (Å²) in [5.41, 5.74) is -0.689. The van der Waals surface area contributed by atoms with Crippen LogP contribution in [-0.4, -0.2) is 17.0 Å². The second-order valence-corrected chi connectivity index (χ2v) is 4.68. The van der Waals surface area contributed by atoms with E-state index in [9.17, 15) is 9.90 Å². The highest BCUT2D eigenvalue weighted by atomic mass is 16.3. The summed E-state index contributed by atoms with van der Waals surface area (Å²) in [5.74, 6) is 0. The molecule has 1 saturated carbocycles. The normalized spacial score (nSPS) is 21.6. The highest BCUT2D eigenvalue weighted by Gasteiger charge is 2.35. The predicted octanol–water partition coefficient (Wildman–Crippen LogP) is 1.91. The van der Waals surface area contributed by atoms with E-state index < -0.39 is 5.60 Å². The van der Waals surface area contributed by atoms with Crippen LogP contribution in [-0.2, 0) is 4.79 Å². The van der Waals surface area contributed by atoms with Crippen LogP contribution in [0.2, 0.25) is 0 Å². The van der Waals surface area contributed by atoms with Gasteiger partial charge in [0.25, 0.3) is 0 Å². The first-order valence-corrected chi connectivity index (χ1v) is 4.66. The molecule has 0 atom stereocenters. The zero-order valence-corrected chi connectivity index (χ0v) is 7.97. The van der Waals surface area contributed by atoms with Crippen LogP contribution >= 0.6 is 0 Å². The largest absolute Gasteiger partial charge is 0.390 e. The number of carbonyl (C=O) groups excluding carboxylic acids is 1. The Morgan fingerprint density at radius 1 is 1.50 bits per heavy atom. The molecule has 2 heteroatoms. The molecule has 0 aliphatic heterocycles. The van der Waals surface area contributed by atoms with E-state index in [4.69, 9.17) is 0 Å². The Morgan fingerprint density at radius 3 is 2.42 bits per heavy atom. The van der Waals surface area contributed by atoms with E-state index in [1.54, 1.807) is 0 Å². The highest BCUT2D eigenvalue weighted by molar-refractivity contribution is 5.57. The zero-order chi connectivity index (χ0) is 9.24. The van der Waals surface area contributed by atoms with Gasteiger partial charge in [-0.15, -0.1) is 0 Å². The van der Waals surface area contributed by atoms with Crippen molar-refractivity contribution in [2.75, 3.05) is 0 Å². The molecule has 0 aromatic rings. The van der Waals surface area contributed by atoms with Crippen LogP contribution in [0.25, 0.3) is 0 Å². The molecule has 0 heterocycles. The Kier molecular flexibility index (Phi) is 2.57. The van der Waals surface area contributed by atoms with Crippen molar-refractivity contribution in [3.8, 4) is 0 Å². The van der Waals surface area contributed by atoms with E-state index in [1.807, 2.05) is 13.8 Å². The van der Waals surface area contributed by atoms with E-state index in [2.05, 4.69) is 0 Å². The molecule has 0 radical (unpaired) electrons. The lowest BCUT2D eigenvalue weighted by Gasteiger charge is -2.38. The van der Waals surface area contributed by atoms with E-state index in [-0.39, 0.29) is 5.41 Å². The third-order valence-corrected chi connectivity index (χ3v) is 2.84.